The Bertz CT molecular complexity index is 579. The zero-order chi connectivity index (χ0) is 13.2. The van der Waals surface area contributed by atoms with Crippen molar-refractivity contribution in [2.24, 2.45) is 0 Å². The Hall–Kier alpha value is -1.68. The van der Waals surface area contributed by atoms with Crippen molar-refractivity contribution in [3.8, 4) is 0 Å². The highest BCUT2D eigenvalue weighted by Gasteiger charge is 2.30. The van der Waals surface area contributed by atoms with Crippen molar-refractivity contribution in [1.29, 1.82) is 0 Å². The number of carbonyl (C=O) groups excluding carboxylic acids is 1. The van der Waals surface area contributed by atoms with E-state index in [0.717, 1.165) is 24.9 Å². The van der Waals surface area contributed by atoms with E-state index in [-0.39, 0.29) is 11.9 Å². The molecule has 0 aromatic carbocycles. The van der Waals surface area contributed by atoms with E-state index >= 15 is 0 Å². The highest BCUT2D eigenvalue weighted by Crippen LogP contribution is 2.35. The first-order valence-corrected chi connectivity index (χ1v) is 7.46. The predicted molar refractivity (Wildman–Crippen MR) is 76.3 cm³/mol. The number of amides is 1. The quantitative estimate of drug-likeness (QED) is 0.840. The van der Waals surface area contributed by atoms with Gasteiger partial charge < -0.3 is 4.90 Å². The molecule has 0 N–H and O–H groups in total. The normalized spacial score (nSPS) is 18.2. The molecule has 3 rings (SSSR count). The van der Waals surface area contributed by atoms with Crippen LogP contribution in [0.15, 0.2) is 36.0 Å². The van der Waals surface area contributed by atoms with E-state index in [0.29, 0.717) is 0 Å². The smallest absolute Gasteiger partial charge is 0.254 e. The lowest BCUT2D eigenvalue weighted by molar-refractivity contribution is 0.0657. The van der Waals surface area contributed by atoms with Gasteiger partial charge in [-0.25, -0.2) is 0 Å². The first-order chi connectivity index (χ1) is 9.31. The van der Waals surface area contributed by atoms with Crippen molar-refractivity contribution in [2.45, 2.75) is 25.8 Å². The fraction of sp³-hybridized carbons (Fsp3) is 0.333. The topological polar surface area (TPSA) is 33.2 Å². The maximum absolute atomic E-state index is 12.6. The molecular weight excluding hydrogens is 256 g/mol. The fourth-order valence-corrected chi connectivity index (χ4v) is 3.67. The summed E-state index contributed by atoms with van der Waals surface area (Å²) < 4.78 is 0. The van der Waals surface area contributed by atoms with Crippen LogP contribution in [0.5, 0.6) is 0 Å². The lowest BCUT2D eigenvalue weighted by atomic mass is 9.97. The van der Waals surface area contributed by atoms with E-state index in [1.807, 2.05) is 4.90 Å². The number of hydrogen-bond acceptors (Lipinski definition) is 3. The van der Waals surface area contributed by atoms with Crippen LogP contribution in [0, 0.1) is 0 Å². The molecule has 1 amide bonds. The Morgan fingerprint density at radius 2 is 2.21 bits per heavy atom. The van der Waals surface area contributed by atoms with E-state index in [4.69, 9.17) is 0 Å². The predicted octanol–water partition coefficient (Wildman–Crippen LogP) is 3.29. The minimum Gasteiger partial charge on any atom is -0.331 e. The van der Waals surface area contributed by atoms with Gasteiger partial charge in [-0.15, -0.1) is 11.3 Å². The third-order valence-electron chi connectivity index (χ3n) is 3.67. The van der Waals surface area contributed by atoms with E-state index in [2.05, 4.69) is 23.4 Å². The molecule has 4 heteroatoms. The van der Waals surface area contributed by atoms with Crippen molar-refractivity contribution in [2.75, 3.05) is 6.54 Å². The Morgan fingerprint density at radius 3 is 2.95 bits per heavy atom. The van der Waals surface area contributed by atoms with Crippen LogP contribution in [0.1, 0.15) is 40.2 Å². The monoisotopic (exact) mass is 272 g/mol. The standard InChI is InChI=1S/C15H16N2OS/c1-2-13-12-6-10-19-14(12)5-9-17(13)15(18)11-3-7-16-8-4-11/h3-4,6-8,10,13H,2,5,9H2,1H3/t13-/m0/s1. The average Bonchev–Trinajstić information content (AvgIpc) is 2.94. The van der Waals surface area contributed by atoms with E-state index in [1.165, 1.54) is 10.4 Å². The second-order valence-corrected chi connectivity index (χ2v) is 5.71. The van der Waals surface area contributed by atoms with Gasteiger partial charge in [-0.05, 0) is 42.0 Å². The number of rotatable bonds is 2. The number of fused-ring (bicyclic) bond motifs is 1. The molecule has 3 heterocycles. The minimum absolute atomic E-state index is 0.117. The van der Waals surface area contributed by atoms with Crippen LogP contribution >= 0.6 is 11.3 Å². The lowest BCUT2D eigenvalue weighted by Gasteiger charge is -2.35. The molecule has 2 aromatic rings. The van der Waals surface area contributed by atoms with Gasteiger partial charge in [-0.1, -0.05) is 6.92 Å². The zero-order valence-electron chi connectivity index (χ0n) is 10.9. The summed E-state index contributed by atoms with van der Waals surface area (Å²) in [5.41, 5.74) is 2.06. The van der Waals surface area contributed by atoms with Gasteiger partial charge in [0.2, 0.25) is 0 Å². The highest BCUT2D eigenvalue weighted by molar-refractivity contribution is 7.10. The third kappa shape index (κ3) is 2.16. The zero-order valence-corrected chi connectivity index (χ0v) is 11.7. The van der Waals surface area contributed by atoms with Crippen molar-refractivity contribution in [3.63, 3.8) is 0 Å². The molecule has 2 aromatic heterocycles. The molecule has 3 nitrogen and oxygen atoms in total. The minimum atomic E-state index is 0.117. The van der Waals surface area contributed by atoms with E-state index < -0.39 is 0 Å². The summed E-state index contributed by atoms with van der Waals surface area (Å²) in [6.07, 6.45) is 5.28. The summed E-state index contributed by atoms with van der Waals surface area (Å²) in [7, 11) is 0. The third-order valence-corrected chi connectivity index (χ3v) is 4.67. The number of aromatic nitrogens is 1. The Balaban J connectivity index is 1.92. The maximum atomic E-state index is 12.6. The van der Waals surface area contributed by atoms with Gasteiger partial charge in [0.15, 0.2) is 0 Å². The van der Waals surface area contributed by atoms with Gasteiger partial charge in [0, 0.05) is 29.4 Å². The van der Waals surface area contributed by atoms with Crippen molar-refractivity contribution < 1.29 is 4.79 Å². The fourth-order valence-electron chi connectivity index (χ4n) is 2.74. The molecule has 1 aliphatic rings. The molecule has 1 aliphatic heterocycles. The van der Waals surface area contributed by atoms with Gasteiger partial charge in [0.05, 0.1) is 6.04 Å². The Morgan fingerprint density at radius 1 is 1.42 bits per heavy atom. The lowest BCUT2D eigenvalue weighted by Crippen LogP contribution is -2.39. The molecule has 0 spiro atoms. The Labute approximate surface area is 116 Å². The van der Waals surface area contributed by atoms with Crippen LogP contribution in [-0.4, -0.2) is 22.3 Å². The molecule has 19 heavy (non-hydrogen) atoms. The second-order valence-electron chi connectivity index (χ2n) is 4.71. The van der Waals surface area contributed by atoms with Crippen LogP contribution in [0.4, 0.5) is 0 Å². The van der Waals surface area contributed by atoms with Crippen LogP contribution in [-0.2, 0) is 6.42 Å². The number of nitrogens with zero attached hydrogens (tertiary/aromatic N) is 2. The molecule has 0 radical (unpaired) electrons. The number of carbonyl (C=O) groups is 1. The molecular formula is C15H16N2OS. The average molecular weight is 272 g/mol. The first kappa shape index (κ1) is 12.4. The summed E-state index contributed by atoms with van der Waals surface area (Å²) >= 11 is 1.81. The van der Waals surface area contributed by atoms with Crippen LogP contribution in [0.2, 0.25) is 0 Å². The van der Waals surface area contributed by atoms with Crippen molar-refractivity contribution in [1.82, 2.24) is 9.88 Å². The summed E-state index contributed by atoms with van der Waals surface area (Å²) in [4.78, 5) is 20.0. The molecule has 0 fully saturated rings. The van der Waals surface area contributed by atoms with E-state index in [9.17, 15) is 4.79 Å². The Kier molecular flexibility index (Phi) is 3.34. The maximum Gasteiger partial charge on any atom is 0.254 e. The van der Waals surface area contributed by atoms with Gasteiger partial charge in [-0.2, -0.15) is 0 Å². The molecule has 0 bridgehead atoms. The number of hydrogen-bond donors (Lipinski definition) is 0. The first-order valence-electron chi connectivity index (χ1n) is 6.58. The van der Waals surface area contributed by atoms with Gasteiger partial charge >= 0.3 is 0 Å². The molecule has 0 unspecified atom stereocenters. The van der Waals surface area contributed by atoms with Crippen molar-refractivity contribution in [3.05, 3.63) is 52.0 Å². The molecule has 0 saturated heterocycles. The van der Waals surface area contributed by atoms with Gasteiger partial charge in [0.25, 0.3) is 5.91 Å². The van der Waals surface area contributed by atoms with Crippen LogP contribution < -0.4 is 0 Å². The van der Waals surface area contributed by atoms with Gasteiger partial charge in [0.1, 0.15) is 0 Å². The number of pyridine rings is 1. The largest absolute Gasteiger partial charge is 0.331 e. The molecule has 98 valence electrons. The molecule has 1 atom stereocenters. The van der Waals surface area contributed by atoms with Crippen LogP contribution in [0.3, 0.4) is 0 Å². The summed E-state index contributed by atoms with van der Waals surface area (Å²) in [5, 5.41) is 2.13. The van der Waals surface area contributed by atoms with Crippen molar-refractivity contribution >= 4 is 17.2 Å². The van der Waals surface area contributed by atoms with Gasteiger partial charge in [-0.3, -0.25) is 9.78 Å². The van der Waals surface area contributed by atoms with Crippen LogP contribution in [0.25, 0.3) is 0 Å². The number of thiophene rings is 1. The summed E-state index contributed by atoms with van der Waals surface area (Å²) in [6, 6.07) is 5.96. The SMILES string of the molecule is CC[C@H]1c2ccsc2CCN1C(=O)c1ccncc1. The summed E-state index contributed by atoms with van der Waals surface area (Å²) in [5.74, 6) is 0.117. The summed E-state index contributed by atoms with van der Waals surface area (Å²) in [6.45, 7) is 2.96. The highest BCUT2D eigenvalue weighted by atomic mass is 32.1. The molecule has 0 saturated carbocycles. The second kappa shape index (κ2) is 5.13. The molecule has 0 aliphatic carbocycles. The van der Waals surface area contributed by atoms with E-state index in [1.54, 1.807) is 35.9 Å².